The highest BCUT2D eigenvalue weighted by atomic mass is 16.6. The number of methoxy groups -OCH3 is 2. The van der Waals surface area contributed by atoms with E-state index in [1.807, 2.05) is 18.2 Å². The normalized spacial score (nSPS) is 17.1. The van der Waals surface area contributed by atoms with Crippen molar-refractivity contribution in [1.82, 2.24) is 4.90 Å². The van der Waals surface area contributed by atoms with Crippen LogP contribution in [0.2, 0.25) is 0 Å². The van der Waals surface area contributed by atoms with Gasteiger partial charge in [0, 0.05) is 30.2 Å². The summed E-state index contributed by atoms with van der Waals surface area (Å²) in [6.07, 6.45) is 0.820. The van der Waals surface area contributed by atoms with E-state index < -0.39 is 0 Å². The summed E-state index contributed by atoms with van der Waals surface area (Å²) < 4.78 is 28.9. The first-order valence-corrected chi connectivity index (χ1v) is 12.2. The Bertz CT molecular complexity index is 1230. The summed E-state index contributed by atoms with van der Waals surface area (Å²) >= 11 is 0. The molecule has 1 fully saturated rings. The maximum absolute atomic E-state index is 13.6. The Morgan fingerprint density at radius 1 is 1.00 bits per heavy atom. The average molecular weight is 490 g/mol. The van der Waals surface area contributed by atoms with E-state index in [1.54, 1.807) is 37.3 Å². The van der Waals surface area contributed by atoms with Crippen molar-refractivity contribution in [2.75, 3.05) is 40.6 Å². The van der Waals surface area contributed by atoms with Gasteiger partial charge in [-0.25, -0.2) is 0 Å². The monoisotopic (exact) mass is 489 g/mol. The number of amides is 1. The number of rotatable bonds is 6. The molecule has 5 rings (SSSR count). The molecular formula is C29H31NO6. The average Bonchev–Trinajstić information content (AvgIpc) is 3.32. The molecule has 0 N–H and O–H groups in total. The minimum Gasteiger partial charge on any atom is -0.497 e. The molecule has 0 unspecified atom stereocenters. The molecule has 2 aliphatic heterocycles. The van der Waals surface area contributed by atoms with Gasteiger partial charge in [-0.3, -0.25) is 4.79 Å². The van der Waals surface area contributed by atoms with E-state index in [-0.39, 0.29) is 12.0 Å². The molecule has 0 aromatic heterocycles. The third kappa shape index (κ3) is 4.97. The minimum atomic E-state index is -0.114. The second-order valence-electron chi connectivity index (χ2n) is 9.06. The largest absolute Gasteiger partial charge is 0.497 e. The predicted octanol–water partition coefficient (Wildman–Crippen LogP) is 4.88. The number of aryl methyl sites for hydroxylation is 1. The predicted molar refractivity (Wildman–Crippen MR) is 136 cm³/mol. The van der Waals surface area contributed by atoms with Crippen molar-refractivity contribution in [3.05, 3.63) is 71.3 Å². The third-order valence-electron chi connectivity index (χ3n) is 6.62. The number of ether oxygens (including phenoxy) is 5. The number of carbonyl (C=O) groups excluding carboxylic acids is 1. The summed E-state index contributed by atoms with van der Waals surface area (Å²) in [5, 5.41) is 0. The van der Waals surface area contributed by atoms with Crippen LogP contribution >= 0.6 is 0 Å². The van der Waals surface area contributed by atoms with Gasteiger partial charge in [0.25, 0.3) is 5.91 Å². The van der Waals surface area contributed by atoms with Crippen molar-refractivity contribution in [3.63, 3.8) is 0 Å². The van der Waals surface area contributed by atoms with E-state index in [9.17, 15) is 4.79 Å². The van der Waals surface area contributed by atoms with Gasteiger partial charge in [0.2, 0.25) is 0 Å². The van der Waals surface area contributed by atoms with Gasteiger partial charge < -0.3 is 28.6 Å². The van der Waals surface area contributed by atoms with Crippen molar-refractivity contribution in [2.24, 2.45) is 0 Å². The van der Waals surface area contributed by atoms with Gasteiger partial charge >= 0.3 is 0 Å². The highest BCUT2D eigenvalue weighted by Crippen LogP contribution is 2.40. The van der Waals surface area contributed by atoms with Crippen LogP contribution in [0.1, 0.15) is 27.9 Å². The first-order valence-electron chi connectivity index (χ1n) is 12.2. The Hall–Kier alpha value is -3.71. The number of benzene rings is 3. The topological polar surface area (TPSA) is 66.5 Å². The van der Waals surface area contributed by atoms with Gasteiger partial charge in [0.15, 0.2) is 11.5 Å². The molecular weight excluding hydrogens is 458 g/mol. The number of fused-ring (bicyclic) bond motifs is 1. The van der Waals surface area contributed by atoms with Crippen LogP contribution < -0.4 is 18.9 Å². The highest BCUT2D eigenvalue weighted by molar-refractivity contribution is 5.95. The van der Waals surface area contributed by atoms with E-state index in [4.69, 9.17) is 23.7 Å². The molecule has 3 aromatic carbocycles. The Morgan fingerprint density at radius 2 is 1.78 bits per heavy atom. The molecule has 0 saturated carbocycles. The van der Waals surface area contributed by atoms with Crippen LogP contribution in [0, 0.1) is 6.92 Å². The summed E-state index contributed by atoms with van der Waals surface area (Å²) in [7, 11) is 3.14. The maximum atomic E-state index is 13.6. The second kappa shape index (κ2) is 10.5. The van der Waals surface area contributed by atoms with Gasteiger partial charge in [-0.05, 0) is 47.9 Å². The Balaban J connectivity index is 1.52. The van der Waals surface area contributed by atoms with Crippen molar-refractivity contribution in [3.8, 4) is 34.1 Å². The molecule has 2 aliphatic rings. The Labute approximate surface area is 211 Å². The summed E-state index contributed by atoms with van der Waals surface area (Å²) in [5.41, 5.74) is 4.72. The SMILES string of the molecule is COc1cc(OC)cc(C(=O)N2CCOc3c(cc(-c4ccccc4C)cc3O[C@@H]3CCOC3)C2)c1. The zero-order valence-electron chi connectivity index (χ0n) is 20.9. The number of hydrogen-bond donors (Lipinski definition) is 0. The standard InChI is InChI=1S/C29H31NO6/c1-19-6-4-5-7-26(19)20-12-22-17-30(29(31)21-13-24(32-2)16-25(14-21)33-3)9-11-35-28(22)27(15-20)36-23-8-10-34-18-23/h4-7,12-16,23H,8-11,17-18H2,1-3H3/t23-/m1/s1. The van der Waals surface area contributed by atoms with Gasteiger partial charge in [0.05, 0.1) is 34.0 Å². The highest BCUT2D eigenvalue weighted by Gasteiger charge is 2.27. The lowest BCUT2D eigenvalue weighted by Gasteiger charge is -2.22. The van der Waals surface area contributed by atoms with Gasteiger partial charge in [-0.1, -0.05) is 24.3 Å². The van der Waals surface area contributed by atoms with Crippen molar-refractivity contribution in [2.45, 2.75) is 26.0 Å². The fourth-order valence-electron chi connectivity index (χ4n) is 4.70. The maximum Gasteiger partial charge on any atom is 0.254 e. The molecule has 0 spiro atoms. The van der Waals surface area contributed by atoms with Crippen LogP contribution in [0.3, 0.4) is 0 Å². The van der Waals surface area contributed by atoms with Gasteiger partial charge in [-0.15, -0.1) is 0 Å². The molecule has 0 aliphatic carbocycles. The van der Waals surface area contributed by atoms with E-state index in [0.29, 0.717) is 61.5 Å². The molecule has 188 valence electrons. The first-order chi connectivity index (χ1) is 17.6. The smallest absolute Gasteiger partial charge is 0.254 e. The summed E-state index contributed by atoms with van der Waals surface area (Å²) in [6.45, 7) is 4.54. The van der Waals surface area contributed by atoms with E-state index in [1.165, 1.54) is 5.56 Å². The second-order valence-corrected chi connectivity index (χ2v) is 9.06. The molecule has 1 saturated heterocycles. The fraction of sp³-hybridized carbons (Fsp3) is 0.345. The Morgan fingerprint density at radius 3 is 2.47 bits per heavy atom. The van der Waals surface area contributed by atoms with Crippen LogP contribution in [0.25, 0.3) is 11.1 Å². The Kier molecular flexibility index (Phi) is 7.00. The number of nitrogens with zero attached hydrogens (tertiary/aromatic N) is 1. The van der Waals surface area contributed by atoms with Gasteiger partial charge in [0.1, 0.15) is 24.2 Å². The fourth-order valence-corrected chi connectivity index (χ4v) is 4.70. The molecule has 3 aromatic rings. The molecule has 0 bridgehead atoms. The van der Waals surface area contributed by atoms with E-state index in [2.05, 4.69) is 25.1 Å². The van der Waals surface area contributed by atoms with Crippen LogP contribution in [0.5, 0.6) is 23.0 Å². The van der Waals surface area contributed by atoms with E-state index in [0.717, 1.165) is 23.1 Å². The summed E-state index contributed by atoms with van der Waals surface area (Å²) in [5.74, 6) is 2.41. The molecule has 36 heavy (non-hydrogen) atoms. The van der Waals surface area contributed by atoms with Crippen LogP contribution in [0.4, 0.5) is 0 Å². The zero-order chi connectivity index (χ0) is 25.1. The third-order valence-corrected chi connectivity index (χ3v) is 6.62. The minimum absolute atomic E-state index is 0.0185. The van der Waals surface area contributed by atoms with Gasteiger partial charge in [-0.2, -0.15) is 0 Å². The quantitative estimate of drug-likeness (QED) is 0.492. The first kappa shape index (κ1) is 24.0. The van der Waals surface area contributed by atoms with Crippen LogP contribution in [-0.4, -0.2) is 57.5 Å². The van der Waals surface area contributed by atoms with Crippen LogP contribution in [0.15, 0.2) is 54.6 Å². The molecule has 2 heterocycles. The zero-order valence-corrected chi connectivity index (χ0v) is 20.9. The van der Waals surface area contributed by atoms with E-state index >= 15 is 0 Å². The molecule has 0 radical (unpaired) electrons. The molecule has 1 atom stereocenters. The summed E-state index contributed by atoms with van der Waals surface area (Å²) in [6, 6.07) is 17.6. The van der Waals surface area contributed by atoms with Crippen molar-refractivity contribution >= 4 is 5.91 Å². The summed E-state index contributed by atoms with van der Waals surface area (Å²) in [4.78, 5) is 15.4. The molecule has 7 heteroatoms. The van der Waals surface area contributed by atoms with Crippen LogP contribution in [-0.2, 0) is 11.3 Å². The lowest BCUT2D eigenvalue weighted by atomic mass is 9.97. The molecule has 7 nitrogen and oxygen atoms in total. The number of hydrogen-bond acceptors (Lipinski definition) is 6. The van der Waals surface area contributed by atoms with Crippen molar-refractivity contribution in [1.29, 1.82) is 0 Å². The lowest BCUT2D eigenvalue weighted by molar-refractivity contribution is 0.0732. The van der Waals surface area contributed by atoms with Crippen molar-refractivity contribution < 1.29 is 28.5 Å². The number of carbonyl (C=O) groups is 1. The lowest BCUT2D eigenvalue weighted by Crippen LogP contribution is -2.32. The molecule has 1 amide bonds.